The number of nitrogens with one attached hydrogen (secondary N) is 2. The zero-order valence-electron chi connectivity index (χ0n) is 12.9. The Kier molecular flexibility index (Phi) is 6.24. The Balaban J connectivity index is 2.09. The zero-order chi connectivity index (χ0) is 16.8. The number of anilines is 1. The SMILES string of the molecule is CCc1cc(=O)[nH]c(SC(CC)C(=O)Nc2ccc(Cl)cc2)n1. The molecule has 2 rings (SSSR count). The fourth-order valence-corrected chi connectivity index (χ4v) is 2.99. The Hall–Kier alpha value is -1.79. The third-order valence-electron chi connectivity index (χ3n) is 3.16. The van der Waals surface area contributed by atoms with Crippen molar-refractivity contribution < 1.29 is 4.79 Å². The van der Waals surface area contributed by atoms with Gasteiger partial charge in [-0.1, -0.05) is 37.2 Å². The number of thioether (sulfide) groups is 1. The lowest BCUT2D eigenvalue weighted by molar-refractivity contribution is -0.115. The lowest BCUT2D eigenvalue weighted by atomic mass is 10.3. The van der Waals surface area contributed by atoms with Gasteiger partial charge >= 0.3 is 0 Å². The molecule has 122 valence electrons. The van der Waals surface area contributed by atoms with Crippen molar-refractivity contribution in [3.05, 3.63) is 51.4 Å². The molecule has 0 saturated carbocycles. The minimum Gasteiger partial charge on any atom is -0.325 e. The van der Waals surface area contributed by atoms with E-state index in [4.69, 9.17) is 11.6 Å². The number of benzene rings is 1. The fraction of sp³-hybridized carbons (Fsp3) is 0.312. The average Bonchev–Trinajstić information content (AvgIpc) is 2.54. The Labute approximate surface area is 143 Å². The van der Waals surface area contributed by atoms with Crippen molar-refractivity contribution in [2.75, 3.05) is 5.32 Å². The molecule has 1 amide bonds. The van der Waals surface area contributed by atoms with E-state index in [0.29, 0.717) is 34.4 Å². The molecule has 0 radical (unpaired) electrons. The van der Waals surface area contributed by atoms with Crippen LogP contribution in [0.3, 0.4) is 0 Å². The molecule has 2 N–H and O–H groups in total. The summed E-state index contributed by atoms with van der Waals surface area (Å²) in [5.74, 6) is -0.135. The van der Waals surface area contributed by atoms with Crippen molar-refractivity contribution >= 4 is 35.0 Å². The van der Waals surface area contributed by atoms with Gasteiger partial charge in [0.2, 0.25) is 5.91 Å². The van der Waals surface area contributed by atoms with Crippen LogP contribution >= 0.6 is 23.4 Å². The van der Waals surface area contributed by atoms with Crippen LogP contribution in [0, 0.1) is 0 Å². The van der Waals surface area contributed by atoms with E-state index in [9.17, 15) is 9.59 Å². The van der Waals surface area contributed by atoms with Gasteiger partial charge in [-0.05, 0) is 37.1 Å². The number of H-pyrrole nitrogens is 1. The Morgan fingerprint density at radius 3 is 2.65 bits per heavy atom. The van der Waals surface area contributed by atoms with Crippen molar-refractivity contribution in [3.63, 3.8) is 0 Å². The van der Waals surface area contributed by atoms with Gasteiger partial charge in [-0.3, -0.25) is 9.59 Å². The van der Waals surface area contributed by atoms with Crippen LogP contribution in [0.5, 0.6) is 0 Å². The summed E-state index contributed by atoms with van der Waals surface area (Å²) in [4.78, 5) is 31.0. The average molecular weight is 352 g/mol. The predicted octanol–water partition coefficient (Wildman–Crippen LogP) is 3.50. The molecule has 0 aliphatic carbocycles. The smallest absolute Gasteiger partial charge is 0.251 e. The molecule has 2 aromatic rings. The maximum atomic E-state index is 12.4. The lowest BCUT2D eigenvalue weighted by Crippen LogP contribution is -2.25. The van der Waals surface area contributed by atoms with Gasteiger partial charge in [-0.2, -0.15) is 0 Å². The number of hydrogen-bond donors (Lipinski definition) is 2. The van der Waals surface area contributed by atoms with Gasteiger partial charge in [-0.25, -0.2) is 4.98 Å². The van der Waals surface area contributed by atoms with E-state index in [1.807, 2.05) is 13.8 Å². The minimum atomic E-state index is -0.346. The van der Waals surface area contributed by atoms with Crippen molar-refractivity contribution in [2.45, 2.75) is 37.1 Å². The van der Waals surface area contributed by atoms with Gasteiger partial charge < -0.3 is 10.3 Å². The molecular formula is C16H18ClN3O2S. The van der Waals surface area contributed by atoms with E-state index in [-0.39, 0.29) is 16.7 Å². The van der Waals surface area contributed by atoms with Gasteiger partial charge in [0.05, 0.1) is 5.25 Å². The Morgan fingerprint density at radius 2 is 2.04 bits per heavy atom. The molecule has 0 spiro atoms. The molecule has 1 unspecified atom stereocenters. The van der Waals surface area contributed by atoms with Gasteiger partial charge in [0.15, 0.2) is 5.16 Å². The molecule has 0 bridgehead atoms. The molecule has 0 saturated heterocycles. The normalized spacial score (nSPS) is 12.0. The van der Waals surface area contributed by atoms with Crippen LogP contribution in [-0.4, -0.2) is 21.1 Å². The molecule has 1 aromatic carbocycles. The highest BCUT2D eigenvalue weighted by atomic mass is 35.5. The quantitative estimate of drug-likeness (QED) is 0.617. The van der Waals surface area contributed by atoms with Gasteiger partial charge in [0.1, 0.15) is 0 Å². The maximum Gasteiger partial charge on any atom is 0.251 e. The van der Waals surface area contributed by atoms with Gasteiger partial charge in [-0.15, -0.1) is 0 Å². The van der Waals surface area contributed by atoms with Crippen LogP contribution in [0.4, 0.5) is 5.69 Å². The van der Waals surface area contributed by atoms with Crippen LogP contribution < -0.4 is 10.9 Å². The largest absolute Gasteiger partial charge is 0.325 e. The Morgan fingerprint density at radius 1 is 1.35 bits per heavy atom. The number of nitrogens with zero attached hydrogens (tertiary/aromatic N) is 1. The monoisotopic (exact) mass is 351 g/mol. The minimum absolute atomic E-state index is 0.135. The van der Waals surface area contributed by atoms with E-state index in [1.165, 1.54) is 17.8 Å². The first-order chi connectivity index (χ1) is 11.0. The number of carbonyl (C=O) groups excluding carboxylic acids is 1. The van der Waals surface area contributed by atoms with Crippen molar-refractivity contribution in [1.29, 1.82) is 0 Å². The fourth-order valence-electron chi connectivity index (χ4n) is 1.93. The van der Waals surface area contributed by atoms with Gasteiger partial charge in [0.25, 0.3) is 5.56 Å². The maximum absolute atomic E-state index is 12.4. The summed E-state index contributed by atoms with van der Waals surface area (Å²) in [7, 11) is 0. The molecular weight excluding hydrogens is 334 g/mol. The summed E-state index contributed by atoms with van der Waals surface area (Å²) < 4.78 is 0. The molecule has 0 fully saturated rings. The summed E-state index contributed by atoms with van der Waals surface area (Å²) in [6.07, 6.45) is 1.29. The molecule has 1 aromatic heterocycles. The number of aryl methyl sites for hydroxylation is 1. The number of aromatic amines is 1. The second-order valence-corrected chi connectivity index (χ2v) is 6.53. The van der Waals surface area contributed by atoms with Crippen LogP contribution in [0.1, 0.15) is 26.0 Å². The number of carbonyl (C=O) groups is 1. The second kappa shape index (κ2) is 8.17. The van der Waals surface area contributed by atoms with Crippen LogP contribution in [0.15, 0.2) is 40.3 Å². The summed E-state index contributed by atoms with van der Waals surface area (Å²) in [5.41, 5.74) is 1.19. The molecule has 23 heavy (non-hydrogen) atoms. The van der Waals surface area contributed by atoms with E-state index >= 15 is 0 Å². The highest BCUT2D eigenvalue weighted by molar-refractivity contribution is 8.00. The molecule has 0 aliphatic rings. The molecule has 5 nitrogen and oxygen atoms in total. The highest BCUT2D eigenvalue weighted by Crippen LogP contribution is 2.23. The van der Waals surface area contributed by atoms with Crippen LogP contribution in [0.2, 0.25) is 5.02 Å². The number of halogens is 1. The number of aromatic nitrogens is 2. The van der Waals surface area contributed by atoms with Crippen molar-refractivity contribution in [1.82, 2.24) is 9.97 Å². The topological polar surface area (TPSA) is 74.8 Å². The number of rotatable bonds is 6. The highest BCUT2D eigenvalue weighted by Gasteiger charge is 2.19. The first-order valence-corrected chi connectivity index (χ1v) is 8.61. The van der Waals surface area contributed by atoms with Crippen LogP contribution in [0.25, 0.3) is 0 Å². The first-order valence-electron chi connectivity index (χ1n) is 7.35. The summed E-state index contributed by atoms with van der Waals surface area (Å²) in [6.45, 7) is 3.85. The third kappa shape index (κ3) is 5.11. The number of hydrogen-bond acceptors (Lipinski definition) is 4. The molecule has 1 heterocycles. The summed E-state index contributed by atoms with van der Waals surface area (Å²) >= 11 is 7.09. The van der Waals surface area contributed by atoms with Gasteiger partial charge in [0, 0.05) is 22.5 Å². The molecule has 0 aliphatic heterocycles. The standard InChI is InChI=1S/C16H18ClN3O2S/c1-3-11-9-14(21)20-16(19-11)23-13(4-2)15(22)18-12-7-5-10(17)6-8-12/h5-9,13H,3-4H2,1-2H3,(H,18,22)(H,19,20,21). The van der Waals surface area contributed by atoms with E-state index in [1.54, 1.807) is 24.3 Å². The van der Waals surface area contributed by atoms with E-state index in [2.05, 4.69) is 15.3 Å². The summed E-state index contributed by atoms with van der Waals surface area (Å²) in [6, 6.07) is 8.40. The lowest BCUT2D eigenvalue weighted by Gasteiger charge is -2.14. The first kappa shape index (κ1) is 17.6. The van der Waals surface area contributed by atoms with Crippen LogP contribution in [-0.2, 0) is 11.2 Å². The predicted molar refractivity (Wildman–Crippen MR) is 94.3 cm³/mol. The molecule has 1 atom stereocenters. The zero-order valence-corrected chi connectivity index (χ0v) is 14.5. The Bertz CT molecular complexity index is 731. The van der Waals surface area contributed by atoms with Crippen molar-refractivity contribution in [3.8, 4) is 0 Å². The van der Waals surface area contributed by atoms with E-state index in [0.717, 1.165) is 0 Å². The summed E-state index contributed by atoms with van der Waals surface area (Å²) in [5, 5.41) is 3.58. The van der Waals surface area contributed by atoms with Crippen molar-refractivity contribution in [2.24, 2.45) is 0 Å². The number of amides is 1. The second-order valence-electron chi connectivity index (χ2n) is 4.91. The molecule has 7 heteroatoms. The third-order valence-corrected chi connectivity index (χ3v) is 4.66. The van der Waals surface area contributed by atoms with E-state index < -0.39 is 0 Å².